The Labute approximate surface area is 145 Å². The quantitative estimate of drug-likeness (QED) is 0.621. The number of allylic oxidation sites excluding steroid dienone is 3. The third-order valence-corrected chi connectivity index (χ3v) is 5.13. The average molecular weight is 341 g/mol. The monoisotopic (exact) mass is 341 g/mol. The van der Waals surface area contributed by atoms with Gasteiger partial charge in [-0.15, -0.1) is 11.8 Å². The maximum atomic E-state index is 13.0. The summed E-state index contributed by atoms with van der Waals surface area (Å²) in [5.41, 5.74) is 3.17. The van der Waals surface area contributed by atoms with Crippen molar-refractivity contribution in [3.63, 3.8) is 0 Å². The second-order valence-corrected chi connectivity index (χ2v) is 6.90. The predicted octanol–water partition coefficient (Wildman–Crippen LogP) is 3.74. The molecule has 2 aliphatic heterocycles. The van der Waals surface area contributed by atoms with Crippen molar-refractivity contribution < 1.29 is 14.3 Å². The second-order valence-electron chi connectivity index (χ2n) is 5.73. The van der Waals surface area contributed by atoms with Gasteiger partial charge in [0.2, 0.25) is 0 Å². The van der Waals surface area contributed by atoms with E-state index >= 15 is 0 Å². The van der Waals surface area contributed by atoms with Crippen LogP contribution in [0.2, 0.25) is 0 Å². The molecule has 0 N–H and O–H groups in total. The Morgan fingerprint density at radius 3 is 2.75 bits per heavy atom. The number of hydrogen-bond acceptors (Lipinski definition) is 4. The van der Waals surface area contributed by atoms with Gasteiger partial charge < -0.3 is 4.74 Å². The van der Waals surface area contributed by atoms with Gasteiger partial charge in [0, 0.05) is 22.0 Å². The van der Waals surface area contributed by atoms with Crippen molar-refractivity contribution in [3.8, 4) is 0 Å². The maximum absolute atomic E-state index is 13.0. The predicted molar refractivity (Wildman–Crippen MR) is 96.6 cm³/mol. The summed E-state index contributed by atoms with van der Waals surface area (Å²) in [7, 11) is 1.34. The Balaban J connectivity index is 2.11. The molecule has 4 nitrogen and oxygen atoms in total. The lowest BCUT2D eigenvalue weighted by atomic mass is 10.1. The fraction of sp³-hybridized carbons (Fsp3) is 0.263. The average Bonchev–Trinajstić information content (AvgIpc) is 3.14. The number of anilines is 1. The van der Waals surface area contributed by atoms with Crippen molar-refractivity contribution in [2.45, 2.75) is 20.3 Å². The lowest BCUT2D eigenvalue weighted by Crippen LogP contribution is -2.24. The van der Waals surface area contributed by atoms with E-state index in [4.69, 9.17) is 4.74 Å². The minimum absolute atomic E-state index is 0.188. The summed E-state index contributed by atoms with van der Waals surface area (Å²) in [5.74, 6) is 0.336. The molecule has 0 aliphatic carbocycles. The molecule has 124 valence electrons. The van der Waals surface area contributed by atoms with Gasteiger partial charge in [-0.3, -0.25) is 9.69 Å². The van der Waals surface area contributed by atoms with Crippen LogP contribution in [-0.2, 0) is 14.3 Å². The van der Waals surface area contributed by atoms with Gasteiger partial charge in [0.05, 0.1) is 18.3 Å². The highest BCUT2D eigenvalue weighted by Crippen LogP contribution is 2.37. The van der Waals surface area contributed by atoms with Crippen molar-refractivity contribution in [1.29, 1.82) is 0 Å². The molecule has 0 unspecified atom stereocenters. The molecule has 5 heteroatoms. The van der Waals surface area contributed by atoms with Crippen molar-refractivity contribution in [2.75, 3.05) is 17.8 Å². The summed E-state index contributed by atoms with van der Waals surface area (Å²) in [4.78, 5) is 27.9. The minimum atomic E-state index is -0.481. The summed E-state index contributed by atoms with van der Waals surface area (Å²) in [6.45, 7) is 3.75. The summed E-state index contributed by atoms with van der Waals surface area (Å²) in [5, 5.41) is 0. The molecular formula is C19H19NO3S. The lowest BCUT2D eigenvalue weighted by Gasteiger charge is -2.18. The molecule has 1 aromatic carbocycles. The number of thioether (sulfide) groups is 1. The third-order valence-electron chi connectivity index (χ3n) is 4.07. The zero-order chi connectivity index (χ0) is 17.3. The van der Waals surface area contributed by atoms with Gasteiger partial charge >= 0.3 is 5.97 Å². The Morgan fingerprint density at radius 2 is 2.12 bits per heavy atom. The van der Waals surface area contributed by atoms with Crippen LogP contribution in [0, 0.1) is 6.92 Å². The van der Waals surface area contributed by atoms with E-state index in [1.165, 1.54) is 7.11 Å². The zero-order valence-corrected chi connectivity index (χ0v) is 14.8. The number of esters is 1. The first-order valence-corrected chi connectivity index (χ1v) is 8.77. The Kier molecular flexibility index (Phi) is 4.62. The number of aryl methyl sites for hydroxylation is 1. The second kappa shape index (κ2) is 6.69. The fourth-order valence-corrected chi connectivity index (χ4v) is 3.85. The summed E-state index contributed by atoms with van der Waals surface area (Å²) < 4.78 is 4.91. The first-order chi connectivity index (χ1) is 11.5. The van der Waals surface area contributed by atoms with Crippen LogP contribution in [0.5, 0.6) is 0 Å². The first-order valence-electron chi connectivity index (χ1n) is 7.78. The first kappa shape index (κ1) is 16.6. The SMILES string of the molecule is COC(=O)C1=C(C)N(c2cccc(C)c2)C(=O)C1=CC1=CCCS1. The van der Waals surface area contributed by atoms with E-state index in [0.29, 0.717) is 16.8 Å². The molecular weight excluding hydrogens is 322 g/mol. The fourth-order valence-electron chi connectivity index (χ4n) is 2.94. The van der Waals surface area contributed by atoms with E-state index in [2.05, 4.69) is 6.08 Å². The molecule has 2 aliphatic rings. The molecule has 0 bridgehead atoms. The topological polar surface area (TPSA) is 46.6 Å². The van der Waals surface area contributed by atoms with Crippen LogP contribution in [0.15, 0.2) is 58.2 Å². The van der Waals surface area contributed by atoms with Gasteiger partial charge in [0.1, 0.15) is 0 Å². The van der Waals surface area contributed by atoms with Crippen LogP contribution in [0.1, 0.15) is 18.9 Å². The number of rotatable bonds is 3. The van der Waals surface area contributed by atoms with E-state index in [9.17, 15) is 9.59 Å². The highest BCUT2D eigenvalue weighted by Gasteiger charge is 2.38. The summed E-state index contributed by atoms with van der Waals surface area (Å²) >= 11 is 1.69. The maximum Gasteiger partial charge on any atom is 0.340 e. The van der Waals surface area contributed by atoms with E-state index in [1.54, 1.807) is 23.6 Å². The number of amides is 1. The van der Waals surface area contributed by atoms with Crippen molar-refractivity contribution in [2.24, 2.45) is 0 Å². The highest BCUT2D eigenvalue weighted by molar-refractivity contribution is 8.03. The van der Waals surface area contributed by atoms with Crippen LogP contribution >= 0.6 is 11.8 Å². The van der Waals surface area contributed by atoms with Gasteiger partial charge in [0.25, 0.3) is 5.91 Å². The number of benzene rings is 1. The molecule has 1 aromatic rings. The van der Waals surface area contributed by atoms with Gasteiger partial charge in [-0.2, -0.15) is 0 Å². The van der Waals surface area contributed by atoms with E-state index < -0.39 is 5.97 Å². The van der Waals surface area contributed by atoms with Crippen molar-refractivity contribution >= 4 is 29.3 Å². The molecule has 1 amide bonds. The lowest BCUT2D eigenvalue weighted by molar-refractivity contribution is -0.136. The Morgan fingerprint density at radius 1 is 1.33 bits per heavy atom. The molecule has 3 rings (SSSR count). The normalized spacial score (nSPS) is 19.3. The van der Waals surface area contributed by atoms with Crippen LogP contribution in [0.4, 0.5) is 5.69 Å². The molecule has 0 radical (unpaired) electrons. The zero-order valence-electron chi connectivity index (χ0n) is 14.0. The number of hydrogen-bond donors (Lipinski definition) is 0. The number of carbonyl (C=O) groups excluding carboxylic acids is 2. The third kappa shape index (κ3) is 2.91. The van der Waals surface area contributed by atoms with Gasteiger partial charge in [0.15, 0.2) is 0 Å². The number of ether oxygens (including phenoxy) is 1. The molecule has 0 aromatic heterocycles. The van der Waals surface area contributed by atoms with Crippen molar-refractivity contribution in [1.82, 2.24) is 0 Å². The number of carbonyl (C=O) groups is 2. The Hall–Kier alpha value is -2.27. The smallest absolute Gasteiger partial charge is 0.340 e. The molecule has 24 heavy (non-hydrogen) atoms. The van der Waals surface area contributed by atoms with Crippen molar-refractivity contribution in [3.05, 3.63) is 63.7 Å². The van der Waals surface area contributed by atoms with Gasteiger partial charge in [-0.05, 0) is 44.0 Å². The number of methoxy groups -OCH3 is 1. The minimum Gasteiger partial charge on any atom is -0.465 e. The molecule has 0 fully saturated rings. The van der Waals surface area contributed by atoms with Gasteiger partial charge in [-0.1, -0.05) is 18.2 Å². The van der Waals surface area contributed by atoms with E-state index in [-0.39, 0.29) is 5.91 Å². The molecule has 0 atom stereocenters. The summed E-state index contributed by atoms with van der Waals surface area (Å²) in [6, 6.07) is 7.68. The highest BCUT2D eigenvalue weighted by atomic mass is 32.2. The van der Waals surface area contributed by atoms with Crippen LogP contribution in [-0.4, -0.2) is 24.7 Å². The molecule has 0 saturated heterocycles. The van der Waals surface area contributed by atoms with E-state index in [0.717, 1.165) is 28.3 Å². The van der Waals surface area contributed by atoms with Crippen LogP contribution < -0.4 is 4.90 Å². The number of nitrogens with zero attached hydrogens (tertiary/aromatic N) is 1. The largest absolute Gasteiger partial charge is 0.465 e. The standard InChI is InChI=1S/C19H19NO3S/c1-12-6-4-7-14(10-12)20-13(2)17(19(22)23-3)16(18(20)21)11-15-8-5-9-24-15/h4,6-8,10-11H,5,9H2,1-3H3. The van der Waals surface area contributed by atoms with Crippen LogP contribution in [0.3, 0.4) is 0 Å². The molecule has 0 spiro atoms. The van der Waals surface area contributed by atoms with E-state index in [1.807, 2.05) is 37.3 Å². The van der Waals surface area contributed by atoms with Gasteiger partial charge in [-0.25, -0.2) is 4.79 Å². The Bertz CT molecular complexity index is 805. The molecule has 0 saturated carbocycles. The summed E-state index contributed by atoms with van der Waals surface area (Å²) in [6.07, 6.45) is 4.88. The van der Waals surface area contributed by atoms with Crippen LogP contribution in [0.25, 0.3) is 0 Å². The molecule has 2 heterocycles.